The second kappa shape index (κ2) is 6.43. The Bertz CT molecular complexity index is 762. The second-order valence-corrected chi connectivity index (χ2v) is 5.83. The number of halogens is 1. The van der Waals surface area contributed by atoms with Gasteiger partial charge < -0.3 is 9.64 Å². The highest BCUT2D eigenvalue weighted by atomic mass is 19.1. The van der Waals surface area contributed by atoms with E-state index in [-0.39, 0.29) is 11.9 Å². The maximum absolute atomic E-state index is 14.3. The zero-order valence-electron chi connectivity index (χ0n) is 13.5. The molecule has 2 unspecified atom stereocenters. The molecule has 1 fully saturated rings. The summed E-state index contributed by atoms with van der Waals surface area (Å²) in [7, 11) is 0. The third-order valence-electron chi connectivity index (χ3n) is 4.30. The Morgan fingerprint density at radius 3 is 2.38 bits per heavy atom. The summed E-state index contributed by atoms with van der Waals surface area (Å²) in [6.45, 7) is 3.13. The van der Waals surface area contributed by atoms with E-state index < -0.39 is 23.9 Å². The van der Waals surface area contributed by atoms with Gasteiger partial charge in [-0.15, -0.1) is 0 Å². The van der Waals surface area contributed by atoms with Crippen LogP contribution in [0.25, 0.3) is 0 Å². The molecule has 5 heteroatoms. The van der Waals surface area contributed by atoms with Crippen LogP contribution in [0.3, 0.4) is 0 Å². The molecule has 3 atom stereocenters. The van der Waals surface area contributed by atoms with Gasteiger partial charge in [0.05, 0.1) is 6.04 Å². The van der Waals surface area contributed by atoms with E-state index in [1.54, 1.807) is 23.1 Å². The van der Waals surface area contributed by atoms with Gasteiger partial charge in [-0.3, -0.25) is 9.59 Å². The van der Waals surface area contributed by atoms with Crippen LogP contribution in [0, 0.1) is 5.82 Å². The molecule has 0 radical (unpaired) electrons. The molecule has 1 amide bonds. The molecule has 124 valence electrons. The van der Waals surface area contributed by atoms with E-state index in [1.165, 1.54) is 13.0 Å². The van der Waals surface area contributed by atoms with Crippen molar-refractivity contribution < 1.29 is 18.7 Å². The van der Waals surface area contributed by atoms with Crippen molar-refractivity contribution in [2.24, 2.45) is 0 Å². The van der Waals surface area contributed by atoms with Crippen LogP contribution in [0.15, 0.2) is 54.6 Å². The minimum atomic E-state index is -0.981. The van der Waals surface area contributed by atoms with E-state index in [1.807, 2.05) is 37.3 Å². The van der Waals surface area contributed by atoms with Gasteiger partial charge in [0.15, 0.2) is 0 Å². The first kappa shape index (κ1) is 16.2. The SMILES string of the molecule is CC(=O)OC1C(=O)N([C@@H](C)c2ccccc2)C1c1ccccc1F. The molecular formula is C19H18FNO3. The molecule has 0 saturated carbocycles. The zero-order valence-corrected chi connectivity index (χ0v) is 13.5. The van der Waals surface area contributed by atoms with Crippen molar-refractivity contribution in [2.75, 3.05) is 0 Å². The molecule has 0 aliphatic carbocycles. The molecule has 1 saturated heterocycles. The minimum Gasteiger partial charge on any atom is -0.450 e. The molecular weight excluding hydrogens is 309 g/mol. The summed E-state index contributed by atoms with van der Waals surface area (Å²) in [5.41, 5.74) is 1.29. The van der Waals surface area contributed by atoms with Crippen LogP contribution in [-0.2, 0) is 14.3 Å². The number of hydrogen-bond acceptors (Lipinski definition) is 3. The number of β-lactam (4-membered cyclic amide) rings is 1. The maximum atomic E-state index is 14.3. The van der Waals surface area contributed by atoms with Gasteiger partial charge in [0, 0.05) is 12.5 Å². The van der Waals surface area contributed by atoms with E-state index in [2.05, 4.69) is 0 Å². The molecule has 0 N–H and O–H groups in total. The van der Waals surface area contributed by atoms with Crippen LogP contribution in [0.5, 0.6) is 0 Å². The third-order valence-corrected chi connectivity index (χ3v) is 4.30. The smallest absolute Gasteiger partial charge is 0.303 e. The number of likely N-dealkylation sites (tertiary alicyclic amines) is 1. The lowest BCUT2D eigenvalue weighted by Gasteiger charge is -2.49. The van der Waals surface area contributed by atoms with Crippen molar-refractivity contribution in [1.82, 2.24) is 4.90 Å². The molecule has 0 aromatic heterocycles. The number of amides is 1. The van der Waals surface area contributed by atoms with Crippen molar-refractivity contribution in [3.63, 3.8) is 0 Å². The summed E-state index contributed by atoms with van der Waals surface area (Å²) in [6, 6.07) is 14.9. The van der Waals surface area contributed by atoms with E-state index >= 15 is 0 Å². The molecule has 24 heavy (non-hydrogen) atoms. The first-order valence-electron chi connectivity index (χ1n) is 7.79. The average Bonchev–Trinajstić information content (AvgIpc) is 2.58. The van der Waals surface area contributed by atoms with Crippen molar-refractivity contribution in [1.29, 1.82) is 0 Å². The molecule has 2 aromatic rings. The van der Waals surface area contributed by atoms with Crippen LogP contribution >= 0.6 is 0 Å². The normalized spacial score (nSPS) is 21.1. The van der Waals surface area contributed by atoms with Gasteiger partial charge in [0.25, 0.3) is 5.91 Å². The number of carbonyl (C=O) groups excluding carboxylic acids is 2. The number of benzene rings is 2. The molecule has 1 heterocycles. The third kappa shape index (κ3) is 2.77. The van der Waals surface area contributed by atoms with Gasteiger partial charge in [0.2, 0.25) is 6.10 Å². The predicted molar refractivity (Wildman–Crippen MR) is 86.4 cm³/mol. The van der Waals surface area contributed by atoms with Crippen molar-refractivity contribution in [2.45, 2.75) is 32.0 Å². The zero-order chi connectivity index (χ0) is 17.3. The molecule has 1 aliphatic rings. The van der Waals surface area contributed by atoms with Gasteiger partial charge in [-0.2, -0.15) is 0 Å². The van der Waals surface area contributed by atoms with Gasteiger partial charge in [-0.05, 0) is 18.6 Å². The quantitative estimate of drug-likeness (QED) is 0.639. The number of carbonyl (C=O) groups is 2. The topological polar surface area (TPSA) is 46.6 Å². The van der Waals surface area contributed by atoms with Gasteiger partial charge >= 0.3 is 5.97 Å². The fourth-order valence-corrected chi connectivity index (χ4v) is 3.13. The minimum absolute atomic E-state index is 0.255. The molecule has 4 nitrogen and oxygen atoms in total. The van der Waals surface area contributed by atoms with Crippen molar-refractivity contribution in [3.05, 3.63) is 71.5 Å². The highest BCUT2D eigenvalue weighted by Crippen LogP contribution is 2.43. The standard InChI is InChI=1S/C19H18FNO3/c1-12(14-8-4-3-5-9-14)21-17(15-10-6-7-11-16(15)20)18(19(21)23)24-13(2)22/h3-12,17-18H,1-2H3/t12-,17?,18?/m0/s1. The summed E-state index contributed by atoms with van der Waals surface area (Å²) in [5, 5.41) is 0. The number of nitrogens with zero attached hydrogens (tertiary/aromatic N) is 1. The van der Waals surface area contributed by atoms with Crippen LogP contribution in [0.1, 0.15) is 37.1 Å². The van der Waals surface area contributed by atoms with Gasteiger partial charge in [-0.25, -0.2) is 4.39 Å². The molecule has 0 spiro atoms. The summed E-state index contributed by atoms with van der Waals surface area (Å²) < 4.78 is 19.4. The Morgan fingerprint density at radius 2 is 1.75 bits per heavy atom. The Hall–Kier alpha value is -2.69. The monoisotopic (exact) mass is 327 g/mol. The van der Waals surface area contributed by atoms with Crippen LogP contribution in [0.4, 0.5) is 4.39 Å². The van der Waals surface area contributed by atoms with Gasteiger partial charge in [0.1, 0.15) is 11.9 Å². The Kier molecular flexibility index (Phi) is 4.34. The second-order valence-electron chi connectivity index (χ2n) is 5.83. The van der Waals surface area contributed by atoms with E-state index in [9.17, 15) is 14.0 Å². The molecule has 0 bridgehead atoms. The largest absolute Gasteiger partial charge is 0.450 e. The predicted octanol–water partition coefficient (Wildman–Crippen LogP) is 3.40. The summed E-state index contributed by atoms with van der Waals surface area (Å²) in [6.07, 6.45) is -0.981. The summed E-state index contributed by atoms with van der Waals surface area (Å²) in [4.78, 5) is 25.4. The molecule has 2 aromatic carbocycles. The average molecular weight is 327 g/mol. The summed E-state index contributed by atoms with van der Waals surface area (Å²) in [5.74, 6) is -1.28. The van der Waals surface area contributed by atoms with E-state index in [0.29, 0.717) is 5.56 Å². The lowest BCUT2D eigenvalue weighted by atomic mass is 9.87. The number of ether oxygens (including phenoxy) is 1. The first-order chi connectivity index (χ1) is 11.5. The number of rotatable bonds is 4. The fourth-order valence-electron chi connectivity index (χ4n) is 3.13. The Balaban J connectivity index is 1.97. The van der Waals surface area contributed by atoms with Gasteiger partial charge in [-0.1, -0.05) is 48.5 Å². The lowest BCUT2D eigenvalue weighted by molar-refractivity contribution is -0.187. The van der Waals surface area contributed by atoms with Crippen LogP contribution < -0.4 is 0 Å². The van der Waals surface area contributed by atoms with Crippen LogP contribution in [-0.4, -0.2) is 22.9 Å². The van der Waals surface area contributed by atoms with E-state index in [4.69, 9.17) is 4.74 Å². The highest BCUT2D eigenvalue weighted by Gasteiger charge is 2.53. The molecule has 3 rings (SSSR count). The summed E-state index contributed by atoms with van der Waals surface area (Å²) >= 11 is 0. The number of hydrogen-bond donors (Lipinski definition) is 0. The maximum Gasteiger partial charge on any atom is 0.303 e. The fraction of sp³-hybridized carbons (Fsp3) is 0.263. The van der Waals surface area contributed by atoms with Crippen LogP contribution in [0.2, 0.25) is 0 Å². The molecule has 1 aliphatic heterocycles. The Labute approximate surface area is 139 Å². The first-order valence-corrected chi connectivity index (χ1v) is 7.79. The number of esters is 1. The lowest BCUT2D eigenvalue weighted by Crippen LogP contribution is -2.61. The Morgan fingerprint density at radius 1 is 1.12 bits per heavy atom. The van der Waals surface area contributed by atoms with Crippen molar-refractivity contribution in [3.8, 4) is 0 Å². The van der Waals surface area contributed by atoms with Crippen molar-refractivity contribution >= 4 is 11.9 Å². The van der Waals surface area contributed by atoms with E-state index in [0.717, 1.165) is 5.56 Å². The highest BCUT2D eigenvalue weighted by molar-refractivity contribution is 5.91.